The van der Waals surface area contributed by atoms with Crippen molar-refractivity contribution in [1.29, 1.82) is 0 Å². The minimum absolute atomic E-state index is 0.161. The van der Waals surface area contributed by atoms with Crippen LogP contribution in [0, 0.1) is 5.92 Å². The van der Waals surface area contributed by atoms with Crippen LogP contribution in [-0.2, 0) is 9.53 Å². The van der Waals surface area contributed by atoms with Gasteiger partial charge in [0, 0.05) is 13.1 Å². The molecule has 1 heterocycles. The quantitative estimate of drug-likeness (QED) is 0.769. The van der Waals surface area contributed by atoms with Gasteiger partial charge in [0.1, 0.15) is 6.10 Å². The van der Waals surface area contributed by atoms with Crippen molar-refractivity contribution in [2.24, 2.45) is 11.7 Å². The van der Waals surface area contributed by atoms with E-state index in [0.29, 0.717) is 5.92 Å². The predicted molar refractivity (Wildman–Crippen MR) is 61.9 cm³/mol. The maximum atomic E-state index is 11.9. The van der Waals surface area contributed by atoms with Crippen LogP contribution in [0.4, 0.5) is 0 Å². The molecule has 4 nitrogen and oxygen atoms in total. The van der Waals surface area contributed by atoms with E-state index in [1.54, 1.807) is 0 Å². The van der Waals surface area contributed by atoms with Crippen molar-refractivity contribution in [3.05, 3.63) is 0 Å². The molecule has 1 aliphatic carbocycles. The molecular weight excluding hydrogens is 204 g/mol. The van der Waals surface area contributed by atoms with E-state index in [0.717, 1.165) is 45.3 Å². The van der Waals surface area contributed by atoms with Crippen molar-refractivity contribution in [2.45, 2.75) is 44.8 Å². The van der Waals surface area contributed by atoms with Gasteiger partial charge in [0.05, 0.1) is 6.10 Å². The summed E-state index contributed by atoms with van der Waals surface area (Å²) in [5, 5.41) is 0. The van der Waals surface area contributed by atoms with Gasteiger partial charge in [-0.3, -0.25) is 4.79 Å². The van der Waals surface area contributed by atoms with E-state index in [4.69, 9.17) is 10.5 Å². The lowest BCUT2D eigenvalue weighted by atomic mass is 9.82. The molecule has 2 N–H and O–H groups in total. The summed E-state index contributed by atoms with van der Waals surface area (Å²) in [5.41, 5.74) is 5.56. The van der Waals surface area contributed by atoms with E-state index in [9.17, 15) is 4.79 Å². The standard InChI is InChI=1S/C12H22N2O2/c1-9(12(15)14-4-2-3-5-14)16-11-6-10(7-11)8-13/h9-11H,2-8,13H2,1H3. The summed E-state index contributed by atoms with van der Waals surface area (Å²) in [6.07, 6.45) is 4.30. The molecule has 1 saturated carbocycles. The highest BCUT2D eigenvalue weighted by atomic mass is 16.5. The van der Waals surface area contributed by atoms with Gasteiger partial charge in [0.2, 0.25) is 0 Å². The molecule has 16 heavy (non-hydrogen) atoms. The highest BCUT2D eigenvalue weighted by Crippen LogP contribution is 2.30. The van der Waals surface area contributed by atoms with Crippen LogP contribution >= 0.6 is 0 Å². The van der Waals surface area contributed by atoms with Crippen molar-refractivity contribution in [3.63, 3.8) is 0 Å². The molecule has 0 aromatic carbocycles. The third-order valence-corrected chi connectivity index (χ3v) is 3.69. The lowest BCUT2D eigenvalue weighted by Crippen LogP contribution is -2.43. The van der Waals surface area contributed by atoms with Crippen LogP contribution in [-0.4, -0.2) is 42.6 Å². The SMILES string of the molecule is CC(OC1CC(CN)C1)C(=O)N1CCCC1. The summed E-state index contributed by atoms with van der Waals surface area (Å²) in [6.45, 7) is 4.43. The molecule has 2 rings (SSSR count). The topological polar surface area (TPSA) is 55.6 Å². The largest absolute Gasteiger partial charge is 0.365 e. The maximum Gasteiger partial charge on any atom is 0.251 e. The van der Waals surface area contributed by atoms with Crippen molar-refractivity contribution in [2.75, 3.05) is 19.6 Å². The molecule has 0 spiro atoms. The number of amides is 1. The van der Waals surface area contributed by atoms with Gasteiger partial charge in [-0.2, -0.15) is 0 Å². The summed E-state index contributed by atoms with van der Waals surface area (Å²) < 4.78 is 5.75. The van der Waals surface area contributed by atoms with Crippen LogP contribution < -0.4 is 5.73 Å². The Bertz CT molecular complexity index is 245. The average Bonchev–Trinajstić information content (AvgIpc) is 2.74. The second-order valence-electron chi connectivity index (χ2n) is 5.01. The molecule has 1 unspecified atom stereocenters. The average molecular weight is 226 g/mol. The number of carbonyl (C=O) groups is 1. The molecule has 4 heteroatoms. The van der Waals surface area contributed by atoms with Crippen LogP contribution in [0.5, 0.6) is 0 Å². The third kappa shape index (κ3) is 2.55. The van der Waals surface area contributed by atoms with Gasteiger partial charge in [-0.25, -0.2) is 0 Å². The van der Waals surface area contributed by atoms with Crippen LogP contribution in [0.3, 0.4) is 0 Å². The van der Waals surface area contributed by atoms with Crippen molar-refractivity contribution >= 4 is 5.91 Å². The van der Waals surface area contributed by atoms with Gasteiger partial charge in [-0.1, -0.05) is 0 Å². The maximum absolute atomic E-state index is 11.9. The number of ether oxygens (including phenoxy) is 1. The number of carbonyl (C=O) groups excluding carboxylic acids is 1. The predicted octanol–water partition coefficient (Wildman–Crippen LogP) is 0.751. The Balaban J connectivity index is 1.71. The number of hydrogen-bond donors (Lipinski definition) is 1. The van der Waals surface area contributed by atoms with Crippen LogP contribution in [0.2, 0.25) is 0 Å². The first kappa shape index (κ1) is 11.9. The smallest absolute Gasteiger partial charge is 0.251 e. The first-order chi connectivity index (χ1) is 7.70. The first-order valence-corrected chi connectivity index (χ1v) is 6.35. The second kappa shape index (κ2) is 5.15. The minimum Gasteiger partial charge on any atom is -0.365 e. The fourth-order valence-corrected chi connectivity index (χ4v) is 2.52. The molecule has 1 amide bonds. The second-order valence-corrected chi connectivity index (χ2v) is 5.01. The number of nitrogens with zero attached hydrogens (tertiary/aromatic N) is 1. The molecule has 0 bridgehead atoms. The fourth-order valence-electron chi connectivity index (χ4n) is 2.52. The van der Waals surface area contributed by atoms with Gasteiger partial charge in [0.25, 0.3) is 5.91 Å². The lowest BCUT2D eigenvalue weighted by Gasteiger charge is -2.36. The molecule has 1 aliphatic heterocycles. The van der Waals surface area contributed by atoms with Gasteiger partial charge in [0.15, 0.2) is 0 Å². The zero-order valence-corrected chi connectivity index (χ0v) is 10.0. The lowest BCUT2D eigenvalue weighted by molar-refractivity contribution is -0.150. The number of rotatable bonds is 4. The van der Waals surface area contributed by atoms with Gasteiger partial charge < -0.3 is 15.4 Å². The Labute approximate surface area is 97.1 Å². The van der Waals surface area contributed by atoms with Gasteiger partial charge >= 0.3 is 0 Å². The van der Waals surface area contributed by atoms with E-state index in [-0.39, 0.29) is 18.1 Å². The molecule has 2 aliphatic rings. The molecule has 1 saturated heterocycles. The summed E-state index contributed by atoms with van der Waals surface area (Å²) in [4.78, 5) is 13.9. The van der Waals surface area contributed by atoms with E-state index in [2.05, 4.69) is 0 Å². The van der Waals surface area contributed by atoms with Crippen molar-refractivity contribution in [3.8, 4) is 0 Å². The highest BCUT2D eigenvalue weighted by molar-refractivity contribution is 5.80. The summed E-state index contributed by atoms with van der Waals surface area (Å²) in [7, 11) is 0. The third-order valence-electron chi connectivity index (χ3n) is 3.69. The van der Waals surface area contributed by atoms with E-state index in [1.807, 2.05) is 11.8 Å². The first-order valence-electron chi connectivity index (χ1n) is 6.35. The normalized spacial score (nSPS) is 31.2. The zero-order valence-electron chi connectivity index (χ0n) is 10.0. The van der Waals surface area contributed by atoms with Crippen LogP contribution in [0.1, 0.15) is 32.6 Å². The summed E-state index contributed by atoms with van der Waals surface area (Å²) in [6, 6.07) is 0. The fraction of sp³-hybridized carbons (Fsp3) is 0.917. The molecule has 0 aromatic heterocycles. The van der Waals surface area contributed by atoms with E-state index >= 15 is 0 Å². The number of nitrogens with two attached hydrogens (primary N) is 1. The summed E-state index contributed by atoms with van der Waals surface area (Å²) >= 11 is 0. The van der Waals surface area contributed by atoms with Crippen LogP contribution in [0.15, 0.2) is 0 Å². The highest BCUT2D eigenvalue weighted by Gasteiger charge is 2.33. The van der Waals surface area contributed by atoms with E-state index < -0.39 is 0 Å². The van der Waals surface area contributed by atoms with Crippen LogP contribution in [0.25, 0.3) is 0 Å². The Hall–Kier alpha value is -0.610. The zero-order chi connectivity index (χ0) is 11.5. The van der Waals surface area contributed by atoms with E-state index in [1.165, 1.54) is 0 Å². The van der Waals surface area contributed by atoms with Crippen molar-refractivity contribution in [1.82, 2.24) is 4.90 Å². The molecule has 1 atom stereocenters. The Kier molecular flexibility index (Phi) is 3.82. The molecular formula is C12H22N2O2. The Morgan fingerprint density at radius 2 is 2.06 bits per heavy atom. The van der Waals surface area contributed by atoms with Gasteiger partial charge in [-0.15, -0.1) is 0 Å². The number of hydrogen-bond acceptors (Lipinski definition) is 3. The molecule has 0 aromatic rings. The number of likely N-dealkylation sites (tertiary alicyclic amines) is 1. The molecule has 2 fully saturated rings. The van der Waals surface area contributed by atoms with Gasteiger partial charge in [-0.05, 0) is 45.1 Å². The minimum atomic E-state index is -0.276. The van der Waals surface area contributed by atoms with Crippen molar-refractivity contribution < 1.29 is 9.53 Å². The summed E-state index contributed by atoms with van der Waals surface area (Å²) in [5.74, 6) is 0.771. The molecule has 0 radical (unpaired) electrons. The Morgan fingerprint density at radius 3 is 2.62 bits per heavy atom. The Morgan fingerprint density at radius 1 is 1.44 bits per heavy atom. The molecule has 92 valence electrons. The monoisotopic (exact) mass is 226 g/mol.